The molecule has 226 valence electrons. The van der Waals surface area contributed by atoms with Crippen molar-refractivity contribution in [2.75, 3.05) is 58.8 Å². The van der Waals surface area contributed by atoms with Crippen LogP contribution in [0.2, 0.25) is 0 Å². The van der Waals surface area contributed by atoms with Gasteiger partial charge >= 0.3 is 6.03 Å². The molecule has 2 aromatic carbocycles. The fourth-order valence-corrected chi connectivity index (χ4v) is 6.12. The average molecular weight is 593 g/mol. The topological polar surface area (TPSA) is 74.4 Å². The van der Waals surface area contributed by atoms with Gasteiger partial charge in [-0.25, -0.2) is 4.79 Å². The van der Waals surface area contributed by atoms with Crippen LogP contribution >= 0.6 is 11.3 Å². The monoisotopic (exact) mass is 592 g/mol. The van der Waals surface area contributed by atoms with Gasteiger partial charge in [-0.1, -0.05) is 18.2 Å². The number of carbonyl (C=O) groups excluding carboxylic acids is 2. The van der Waals surface area contributed by atoms with Gasteiger partial charge in [0.05, 0.1) is 20.8 Å². The number of thiophene rings is 1. The minimum atomic E-state index is -0.247. The summed E-state index contributed by atoms with van der Waals surface area (Å²) in [6, 6.07) is 13.6. The van der Waals surface area contributed by atoms with E-state index in [0.717, 1.165) is 46.9 Å². The number of urea groups is 1. The van der Waals surface area contributed by atoms with Gasteiger partial charge in [0.2, 0.25) is 5.91 Å². The first-order valence-electron chi connectivity index (χ1n) is 14.6. The zero-order valence-corrected chi connectivity index (χ0v) is 26.4. The van der Waals surface area contributed by atoms with E-state index in [1.807, 2.05) is 55.1 Å². The Balaban J connectivity index is 1.52. The first kappa shape index (κ1) is 31.4. The Morgan fingerprint density at radius 2 is 1.69 bits per heavy atom. The highest BCUT2D eigenvalue weighted by atomic mass is 32.1. The number of carbonyl (C=O) groups is 2. The van der Waals surface area contributed by atoms with E-state index in [2.05, 4.69) is 28.6 Å². The minimum absolute atomic E-state index is 0.0148. The summed E-state index contributed by atoms with van der Waals surface area (Å²) in [5, 5.41) is 5.14. The van der Waals surface area contributed by atoms with Crippen molar-refractivity contribution < 1.29 is 19.1 Å². The first-order chi connectivity index (χ1) is 20.3. The molecular weight excluding hydrogens is 548 g/mol. The van der Waals surface area contributed by atoms with E-state index in [1.165, 1.54) is 18.4 Å². The molecule has 1 N–H and O–H groups in total. The van der Waals surface area contributed by atoms with Gasteiger partial charge < -0.3 is 29.5 Å². The molecule has 4 rings (SSSR count). The Kier molecular flexibility index (Phi) is 11.3. The summed E-state index contributed by atoms with van der Waals surface area (Å²) < 4.78 is 10.9. The summed E-state index contributed by atoms with van der Waals surface area (Å²) in [6.45, 7) is 10.5. The molecule has 9 heteroatoms. The maximum Gasteiger partial charge on any atom is 0.322 e. The molecule has 0 unspecified atom stereocenters. The Labute approximate surface area is 254 Å². The fourth-order valence-electron chi connectivity index (χ4n) is 5.20. The largest absolute Gasteiger partial charge is 0.493 e. The number of amides is 3. The van der Waals surface area contributed by atoms with Crippen molar-refractivity contribution in [2.45, 2.75) is 46.6 Å². The Hall–Kier alpha value is -3.56. The molecule has 0 aliphatic carbocycles. The number of aryl methyl sites for hydroxylation is 2. The van der Waals surface area contributed by atoms with Crippen LogP contribution < -0.4 is 14.8 Å². The summed E-state index contributed by atoms with van der Waals surface area (Å²) in [5.41, 5.74) is 5.13. The van der Waals surface area contributed by atoms with Gasteiger partial charge in [0.15, 0.2) is 11.5 Å². The number of ether oxygens (including phenoxy) is 2. The fraction of sp³-hybridized carbons (Fsp3) is 0.455. The van der Waals surface area contributed by atoms with Gasteiger partial charge in [-0.05, 0) is 105 Å². The molecule has 2 heterocycles. The summed E-state index contributed by atoms with van der Waals surface area (Å²) in [4.78, 5) is 34.7. The van der Waals surface area contributed by atoms with Crippen LogP contribution in [0.15, 0.2) is 47.8 Å². The highest BCUT2D eigenvalue weighted by Crippen LogP contribution is 2.28. The second kappa shape index (κ2) is 15.1. The Morgan fingerprint density at radius 3 is 2.38 bits per heavy atom. The average Bonchev–Trinajstić information content (AvgIpc) is 3.66. The van der Waals surface area contributed by atoms with E-state index in [4.69, 9.17) is 9.47 Å². The molecule has 1 aromatic heterocycles. The number of nitrogens with one attached hydrogen (secondary N) is 1. The highest BCUT2D eigenvalue weighted by molar-refractivity contribution is 7.10. The van der Waals surface area contributed by atoms with Crippen molar-refractivity contribution in [1.82, 2.24) is 14.7 Å². The van der Waals surface area contributed by atoms with Crippen molar-refractivity contribution in [3.05, 3.63) is 75.0 Å². The van der Waals surface area contributed by atoms with Gasteiger partial charge in [-0.15, -0.1) is 11.3 Å². The molecule has 1 saturated heterocycles. The third-order valence-corrected chi connectivity index (χ3v) is 9.13. The van der Waals surface area contributed by atoms with Crippen molar-refractivity contribution in [3.63, 3.8) is 0 Å². The van der Waals surface area contributed by atoms with Gasteiger partial charge in [0.25, 0.3) is 0 Å². The molecule has 1 aliphatic heterocycles. The quantitative estimate of drug-likeness (QED) is 0.268. The number of hydrogen-bond acceptors (Lipinski definition) is 6. The van der Waals surface area contributed by atoms with E-state index >= 15 is 0 Å². The zero-order valence-electron chi connectivity index (χ0n) is 25.6. The van der Waals surface area contributed by atoms with Crippen molar-refractivity contribution in [1.29, 1.82) is 0 Å². The predicted molar refractivity (Wildman–Crippen MR) is 170 cm³/mol. The van der Waals surface area contributed by atoms with Crippen LogP contribution in [0, 0.1) is 20.8 Å². The van der Waals surface area contributed by atoms with Crippen LogP contribution in [0.4, 0.5) is 10.5 Å². The molecule has 0 spiro atoms. The van der Waals surface area contributed by atoms with Crippen molar-refractivity contribution >= 4 is 29.0 Å². The first-order valence-corrected chi connectivity index (χ1v) is 15.5. The van der Waals surface area contributed by atoms with Crippen LogP contribution in [0.5, 0.6) is 11.5 Å². The highest BCUT2D eigenvalue weighted by Gasteiger charge is 2.24. The molecule has 1 fully saturated rings. The van der Waals surface area contributed by atoms with Crippen LogP contribution in [0.25, 0.3) is 0 Å². The van der Waals surface area contributed by atoms with E-state index in [1.54, 1.807) is 30.5 Å². The second-order valence-electron chi connectivity index (χ2n) is 10.9. The molecule has 8 nitrogen and oxygen atoms in total. The Bertz CT molecular complexity index is 1350. The van der Waals surface area contributed by atoms with Crippen LogP contribution in [0.3, 0.4) is 0 Å². The van der Waals surface area contributed by atoms with Gasteiger partial charge in [-0.3, -0.25) is 4.79 Å². The minimum Gasteiger partial charge on any atom is -0.493 e. The Morgan fingerprint density at radius 1 is 0.929 bits per heavy atom. The maximum absolute atomic E-state index is 14.0. The number of hydrogen-bond donors (Lipinski definition) is 1. The van der Waals surface area contributed by atoms with E-state index in [9.17, 15) is 9.59 Å². The summed E-state index contributed by atoms with van der Waals surface area (Å²) in [7, 11) is 3.24. The predicted octanol–water partition coefficient (Wildman–Crippen LogP) is 5.89. The van der Waals surface area contributed by atoms with E-state index < -0.39 is 0 Å². The number of rotatable bonds is 13. The smallest absolute Gasteiger partial charge is 0.322 e. The molecule has 0 radical (unpaired) electrons. The van der Waals surface area contributed by atoms with Crippen molar-refractivity contribution in [2.24, 2.45) is 0 Å². The normalized spacial score (nSPS) is 13.2. The number of anilines is 1. The molecular formula is C33H44N4O4S. The third kappa shape index (κ3) is 8.26. The molecule has 3 aromatic rings. The SMILES string of the molecule is COc1ccc(CCN(Cc2sccc2C)C(=O)CN(CCN2CCCC2)C(=O)Nc2cccc(C)c2C)cc1OC. The molecule has 1 aliphatic rings. The van der Waals surface area contributed by atoms with E-state index in [0.29, 0.717) is 37.6 Å². The van der Waals surface area contributed by atoms with Crippen LogP contribution in [-0.4, -0.2) is 80.1 Å². The molecule has 0 bridgehead atoms. The summed E-state index contributed by atoms with van der Waals surface area (Å²) in [5.74, 6) is 1.27. The van der Waals surface area contributed by atoms with Crippen molar-refractivity contribution in [3.8, 4) is 11.5 Å². The maximum atomic E-state index is 14.0. The van der Waals surface area contributed by atoms with Gasteiger partial charge in [0.1, 0.15) is 6.54 Å². The molecule has 0 saturated carbocycles. The number of likely N-dealkylation sites (tertiary alicyclic amines) is 1. The van der Waals surface area contributed by atoms with Crippen LogP contribution in [0.1, 0.15) is 40.0 Å². The lowest BCUT2D eigenvalue weighted by Crippen LogP contribution is -2.47. The van der Waals surface area contributed by atoms with Crippen LogP contribution in [-0.2, 0) is 17.8 Å². The zero-order chi connectivity index (χ0) is 30.1. The standard InChI is InChI=1S/C33H44N4O4S/c1-24-9-8-10-28(26(24)3)34-33(39)37(19-18-35-15-6-7-16-35)23-32(38)36(22-31-25(2)14-20-42-31)17-13-27-11-12-29(40-4)30(21-27)41-5/h8-12,14,20-21H,6-7,13,15-19,22-23H2,1-5H3,(H,34,39). The lowest BCUT2D eigenvalue weighted by atomic mass is 10.1. The second-order valence-corrected chi connectivity index (χ2v) is 11.9. The lowest BCUT2D eigenvalue weighted by Gasteiger charge is -2.29. The number of nitrogens with zero attached hydrogens (tertiary/aromatic N) is 3. The number of benzene rings is 2. The summed E-state index contributed by atoms with van der Waals surface area (Å²) >= 11 is 1.65. The van der Waals surface area contributed by atoms with E-state index in [-0.39, 0.29) is 18.5 Å². The molecule has 42 heavy (non-hydrogen) atoms. The van der Waals surface area contributed by atoms with Gasteiger partial charge in [0, 0.05) is 30.2 Å². The third-order valence-electron chi connectivity index (χ3n) is 8.12. The lowest BCUT2D eigenvalue weighted by molar-refractivity contribution is -0.132. The molecule has 3 amide bonds. The summed E-state index contributed by atoms with van der Waals surface area (Å²) in [6.07, 6.45) is 3.01. The van der Waals surface area contributed by atoms with Gasteiger partial charge in [-0.2, -0.15) is 0 Å². The molecule has 0 atom stereocenters. The number of methoxy groups -OCH3 is 2.